The van der Waals surface area contributed by atoms with Crippen molar-refractivity contribution in [1.82, 2.24) is 20.3 Å². The van der Waals surface area contributed by atoms with E-state index >= 15 is 0 Å². The average Bonchev–Trinajstić information content (AvgIpc) is 2.97. The maximum atomic E-state index is 11.4. The molecule has 1 fully saturated rings. The molecule has 0 spiro atoms. The minimum atomic E-state index is -0.459. The first kappa shape index (κ1) is 12.9. The fourth-order valence-corrected chi connectivity index (χ4v) is 1.51. The van der Waals surface area contributed by atoms with E-state index in [0.29, 0.717) is 19.0 Å². The molecule has 1 aliphatic carbocycles. The number of alkyl carbamates (subject to hydrolysis) is 1. The first-order valence-electron chi connectivity index (χ1n) is 6.31. The van der Waals surface area contributed by atoms with Crippen molar-refractivity contribution in [3.63, 3.8) is 0 Å². The minimum Gasteiger partial charge on any atom is -0.444 e. The second-order valence-electron chi connectivity index (χ2n) is 5.57. The smallest absolute Gasteiger partial charge is 0.407 e. The number of rotatable bonds is 4. The van der Waals surface area contributed by atoms with Crippen LogP contribution in [0.15, 0.2) is 6.20 Å². The Morgan fingerprint density at radius 3 is 2.89 bits per heavy atom. The van der Waals surface area contributed by atoms with Gasteiger partial charge in [-0.1, -0.05) is 0 Å². The molecule has 1 N–H and O–H groups in total. The number of carbonyl (C=O) groups excluding carboxylic acids is 1. The Morgan fingerprint density at radius 1 is 1.56 bits per heavy atom. The lowest BCUT2D eigenvalue weighted by atomic mass is 10.2. The summed E-state index contributed by atoms with van der Waals surface area (Å²) in [5.74, 6) is 0. The molecule has 1 amide bonds. The quantitative estimate of drug-likeness (QED) is 0.885. The van der Waals surface area contributed by atoms with Crippen LogP contribution in [0.4, 0.5) is 4.79 Å². The van der Waals surface area contributed by atoms with Crippen molar-refractivity contribution in [1.29, 1.82) is 0 Å². The van der Waals surface area contributed by atoms with E-state index in [2.05, 4.69) is 15.5 Å². The number of ether oxygens (including phenoxy) is 1. The molecule has 18 heavy (non-hydrogen) atoms. The van der Waals surface area contributed by atoms with Gasteiger partial charge in [0.2, 0.25) is 0 Å². The number of aromatic nitrogens is 3. The summed E-state index contributed by atoms with van der Waals surface area (Å²) in [4.78, 5) is 13.2. The highest BCUT2D eigenvalue weighted by atomic mass is 16.6. The SMILES string of the molecule is CC(C)(C)OC(=O)NCCc1cnn(C2CC2)n1. The molecule has 0 unspecified atom stereocenters. The van der Waals surface area contributed by atoms with E-state index in [1.165, 1.54) is 12.8 Å². The number of hydrogen-bond donors (Lipinski definition) is 1. The van der Waals surface area contributed by atoms with Crippen molar-refractivity contribution in [2.45, 2.75) is 51.7 Å². The molecule has 1 aromatic rings. The number of amides is 1. The van der Waals surface area contributed by atoms with Crippen molar-refractivity contribution in [3.8, 4) is 0 Å². The highest BCUT2D eigenvalue weighted by molar-refractivity contribution is 5.67. The van der Waals surface area contributed by atoms with Crippen molar-refractivity contribution in [2.24, 2.45) is 0 Å². The molecule has 0 aliphatic heterocycles. The third-order valence-corrected chi connectivity index (χ3v) is 2.48. The van der Waals surface area contributed by atoms with Gasteiger partial charge in [0.1, 0.15) is 5.60 Å². The Kier molecular flexibility index (Phi) is 3.54. The first-order valence-corrected chi connectivity index (χ1v) is 6.31. The number of carbonyl (C=O) groups is 1. The van der Waals surface area contributed by atoms with Gasteiger partial charge in [0.15, 0.2) is 0 Å². The summed E-state index contributed by atoms with van der Waals surface area (Å²) in [7, 11) is 0. The average molecular weight is 252 g/mol. The lowest BCUT2D eigenvalue weighted by Crippen LogP contribution is -2.33. The van der Waals surface area contributed by atoms with Gasteiger partial charge in [-0.25, -0.2) is 4.79 Å². The minimum absolute atomic E-state index is 0.392. The van der Waals surface area contributed by atoms with E-state index < -0.39 is 11.7 Å². The van der Waals surface area contributed by atoms with Crippen LogP contribution in [-0.4, -0.2) is 33.2 Å². The largest absolute Gasteiger partial charge is 0.444 e. The van der Waals surface area contributed by atoms with Gasteiger partial charge in [0.05, 0.1) is 17.9 Å². The molecule has 1 heterocycles. The molecule has 0 radical (unpaired) electrons. The molecule has 2 rings (SSSR count). The van der Waals surface area contributed by atoms with Gasteiger partial charge < -0.3 is 10.1 Å². The van der Waals surface area contributed by atoms with Crippen molar-refractivity contribution >= 4 is 6.09 Å². The summed E-state index contributed by atoms with van der Waals surface area (Å²) in [6.07, 6.45) is 4.38. The van der Waals surface area contributed by atoms with Crippen molar-refractivity contribution < 1.29 is 9.53 Å². The summed E-state index contributed by atoms with van der Waals surface area (Å²) in [6, 6.07) is 0.498. The molecule has 0 aromatic carbocycles. The number of nitrogens with one attached hydrogen (secondary N) is 1. The van der Waals surface area contributed by atoms with Gasteiger partial charge in [0, 0.05) is 13.0 Å². The number of nitrogens with zero attached hydrogens (tertiary/aromatic N) is 3. The van der Waals surface area contributed by atoms with Crippen LogP contribution < -0.4 is 5.32 Å². The summed E-state index contributed by atoms with van der Waals surface area (Å²) < 4.78 is 5.14. The second kappa shape index (κ2) is 4.96. The lowest BCUT2D eigenvalue weighted by Gasteiger charge is -2.19. The van der Waals surface area contributed by atoms with Crippen LogP contribution in [0.2, 0.25) is 0 Å². The van der Waals surface area contributed by atoms with Crippen molar-refractivity contribution in [2.75, 3.05) is 6.54 Å². The normalized spacial score (nSPS) is 15.5. The molecule has 1 aliphatic rings. The zero-order chi connectivity index (χ0) is 13.2. The van der Waals surface area contributed by atoms with Crippen LogP contribution in [0.3, 0.4) is 0 Å². The topological polar surface area (TPSA) is 69.0 Å². The van der Waals surface area contributed by atoms with Gasteiger partial charge in [0.25, 0.3) is 0 Å². The number of hydrogen-bond acceptors (Lipinski definition) is 4. The maximum absolute atomic E-state index is 11.4. The van der Waals surface area contributed by atoms with E-state index in [0.717, 1.165) is 5.69 Å². The summed E-state index contributed by atoms with van der Waals surface area (Å²) >= 11 is 0. The molecule has 1 aromatic heterocycles. The summed E-state index contributed by atoms with van der Waals surface area (Å²) in [5, 5.41) is 11.3. The van der Waals surface area contributed by atoms with Crippen molar-refractivity contribution in [3.05, 3.63) is 11.9 Å². The zero-order valence-corrected chi connectivity index (χ0v) is 11.1. The predicted octanol–water partition coefficient (Wildman–Crippen LogP) is 1.68. The van der Waals surface area contributed by atoms with Crippen LogP contribution >= 0.6 is 0 Å². The van der Waals surface area contributed by atoms with Gasteiger partial charge in [-0.3, -0.25) is 0 Å². The van der Waals surface area contributed by atoms with Crippen LogP contribution in [0.1, 0.15) is 45.3 Å². The molecule has 0 bridgehead atoms. The van der Waals surface area contributed by atoms with E-state index in [9.17, 15) is 4.79 Å². The van der Waals surface area contributed by atoms with Crippen LogP contribution in [-0.2, 0) is 11.2 Å². The highest BCUT2D eigenvalue weighted by Crippen LogP contribution is 2.32. The Labute approximate surface area is 107 Å². The first-order chi connectivity index (χ1) is 8.44. The summed E-state index contributed by atoms with van der Waals surface area (Å²) in [6.45, 7) is 6.04. The highest BCUT2D eigenvalue weighted by Gasteiger charge is 2.25. The molecule has 0 atom stereocenters. The van der Waals surface area contributed by atoms with Gasteiger partial charge in [-0.15, -0.1) is 0 Å². The van der Waals surface area contributed by atoms with E-state index in [1.54, 1.807) is 11.0 Å². The molecule has 6 nitrogen and oxygen atoms in total. The monoisotopic (exact) mass is 252 g/mol. The fourth-order valence-electron chi connectivity index (χ4n) is 1.51. The predicted molar refractivity (Wildman–Crippen MR) is 66.2 cm³/mol. The lowest BCUT2D eigenvalue weighted by molar-refractivity contribution is 0.0528. The Balaban J connectivity index is 1.69. The molecular formula is C12H20N4O2. The second-order valence-corrected chi connectivity index (χ2v) is 5.57. The molecule has 6 heteroatoms. The Morgan fingerprint density at radius 2 is 2.28 bits per heavy atom. The molecule has 100 valence electrons. The zero-order valence-electron chi connectivity index (χ0n) is 11.1. The van der Waals surface area contributed by atoms with Gasteiger partial charge >= 0.3 is 6.09 Å². The molecular weight excluding hydrogens is 232 g/mol. The Hall–Kier alpha value is -1.59. The van der Waals surface area contributed by atoms with E-state index in [1.807, 2.05) is 20.8 Å². The van der Waals surface area contributed by atoms with Gasteiger partial charge in [-0.2, -0.15) is 15.0 Å². The standard InChI is InChI=1S/C12H20N4O2/c1-12(2,3)18-11(17)13-7-6-9-8-14-16(15-9)10-4-5-10/h8,10H,4-7H2,1-3H3,(H,13,17). The maximum Gasteiger partial charge on any atom is 0.407 e. The third kappa shape index (κ3) is 4.01. The third-order valence-electron chi connectivity index (χ3n) is 2.48. The van der Waals surface area contributed by atoms with Gasteiger partial charge in [-0.05, 0) is 33.6 Å². The fraction of sp³-hybridized carbons (Fsp3) is 0.750. The molecule has 1 saturated carbocycles. The Bertz CT molecular complexity index is 418. The van der Waals surface area contributed by atoms with E-state index in [4.69, 9.17) is 4.74 Å². The van der Waals surface area contributed by atoms with Crippen LogP contribution in [0.25, 0.3) is 0 Å². The van der Waals surface area contributed by atoms with Crippen LogP contribution in [0.5, 0.6) is 0 Å². The van der Waals surface area contributed by atoms with Crippen LogP contribution in [0, 0.1) is 0 Å². The van der Waals surface area contributed by atoms with E-state index in [-0.39, 0.29) is 0 Å². The molecule has 0 saturated heterocycles. The summed E-state index contributed by atoms with van der Waals surface area (Å²) in [5.41, 5.74) is 0.442.